The lowest BCUT2D eigenvalue weighted by Crippen LogP contribution is -2.22. The zero-order chi connectivity index (χ0) is 14.7. The zero-order valence-corrected chi connectivity index (χ0v) is 12.1. The van der Waals surface area contributed by atoms with Crippen molar-refractivity contribution in [2.45, 2.75) is 36.3 Å². The van der Waals surface area contributed by atoms with E-state index in [-0.39, 0.29) is 0 Å². The van der Waals surface area contributed by atoms with Crippen LogP contribution in [0.4, 0.5) is 8.78 Å². The van der Waals surface area contributed by atoms with Gasteiger partial charge in [-0.1, -0.05) is 23.9 Å². The third kappa shape index (κ3) is 3.76. The van der Waals surface area contributed by atoms with Crippen LogP contribution in [0.2, 0.25) is 0 Å². The fourth-order valence-electron chi connectivity index (χ4n) is 1.90. The van der Waals surface area contributed by atoms with E-state index in [4.69, 9.17) is 0 Å². The van der Waals surface area contributed by atoms with Gasteiger partial charge in [0.05, 0.1) is 6.54 Å². The maximum absolute atomic E-state index is 13.6. The first kappa shape index (κ1) is 14.4. The quantitative estimate of drug-likeness (QED) is 0.793. The molecule has 1 aromatic carbocycles. The van der Waals surface area contributed by atoms with Gasteiger partial charge >= 0.3 is 0 Å². The molecular weight excluding hydrogens is 296 g/mol. The Bertz CT molecular complexity index is 614. The summed E-state index contributed by atoms with van der Waals surface area (Å²) in [5, 5.41) is 15.4. The number of rotatable bonds is 7. The van der Waals surface area contributed by atoms with Crippen molar-refractivity contribution >= 4 is 11.8 Å². The fourth-order valence-corrected chi connectivity index (χ4v) is 2.78. The molecule has 1 N–H and O–H groups in total. The molecule has 21 heavy (non-hydrogen) atoms. The van der Waals surface area contributed by atoms with E-state index in [1.807, 2.05) is 0 Å². The number of tetrazole rings is 1. The summed E-state index contributed by atoms with van der Waals surface area (Å²) in [6.07, 6.45) is 2.46. The number of thioether (sulfide) groups is 1. The normalized spacial score (nSPS) is 14.6. The van der Waals surface area contributed by atoms with Crippen LogP contribution in [0.1, 0.15) is 18.4 Å². The molecule has 0 saturated heterocycles. The van der Waals surface area contributed by atoms with E-state index in [1.165, 1.54) is 30.7 Å². The molecular formula is C13H15F2N5S. The van der Waals surface area contributed by atoms with Crippen molar-refractivity contribution in [3.63, 3.8) is 0 Å². The largest absolute Gasteiger partial charge is 0.312 e. The van der Waals surface area contributed by atoms with Gasteiger partial charge in [-0.3, -0.25) is 0 Å². The van der Waals surface area contributed by atoms with Crippen molar-refractivity contribution in [3.05, 3.63) is 35.4 Å². The van der Waals surface area contributed by atoms with E-state index < -0.39 is 11.6 Å². The van der Waals surface area contributed by atoms with Crippen LogP contribution in [-0.4, -0.2) is 32.8 Å². The molecule has 1 aliphatic rings. The first-order chi connectivity index (χ1) is 10.2. The second-order valence-corrected chi connectivity index (χ2v) is 5.86. The molecule has 2 aromatic rings. The summed E-state index contributed by atoms with van der Waals surface area (Å²) in [4.78, 5) is 0. The number of nitrogens with one attached hydrogen (secondary N) is 1. The zero-order valence-electron chi connectivity index (χ0n) is 11.3. The van der Waals surface area contributed by atoms with Crippen molar-refractivity contribution in [2.24, 2.45) is 0 Å². The molecule has 8 heteroatoms. The highest BCUT2D eigenvalue weighted by Gasteiger charge is 2.20. The van der Waals surface area contributed by atoms with Crippen molar-refractivity contribution < 1.29 is 8.78 Å². The Balaban J connectivity index is 1.57. The molecule has 0 bridgehead atoms. The molecule has 0 spiro atoms. The number of aromatic nitrogens is 4. The van der Waals surface area contributed by atoms with E-state index >= 15 is 0 Å². The number of hydrogen-bond donors (Lipinski definition) is 1. The van der Waals surface area contributed by atoms with Gasteiger partial charge in [-0.05, 0) is 29.3 Å². The van der Waals surface area contributed by atoms with Crippen LogP contribution in [0, 0.1) is 11.6 Å². The Morgan fingerprint density at radius 3 is 3.00 bits per heavy atom. The minimum atomic E-state index is -0.832. The van der Waals surface area contributed by atoms with E-state index in [1.54, 1.807) is 10.7 Å². The third-order valence-electron chi connectivity index (χ3n) is 3.22. The summed E-state index contributed by atoms with van der Waals surface area (Å²) in [5.74, 6) is -1.35. The SMILES string of the molecule is Fc1cccc(CSc2nnnn2CCNC2CC2)c1F. The summed E-state index contributed by atoms with van der Waals surface area (Å²) in [7, 11) is 0. The van der Waals surface area contributed by atoms with Crippen molar-refractivity contribution in [3.8, 4) is 0 Å². The van der Waals surface area contributed by atoms with Gasteiger partial charge < -0.3 is 5.32 Å². The Hall–Kier alpha value is -1.54. The predicted octanol–water partition coefficient (Wildman–Crippen LogP) is 2.00. The lowest BCUT2D eigenvalue weighted by molar-refractivity contribution is 0.501. The maximum Gasteiger partial charge on any atom is 0.209 e. The van der Waals surface area contributed by atoms with Gasteiger partial charge in [0.2, 0.25) is 5.16 Å². The van der Waals surface area contributed by atoms with Gasteiger partial charge in [-0.2, -0.15) is 0 Å². The molecule has 1 fully saturated rings. The molecule has 1 aromatic heterocycles. The molecule has 5 nitrogen and oxygen atoms in total. The number of hydrogen-bond acceptors (Lipinski definition) is 5. The van der Waals surface area contributed by atoms with Crippen LogP contribution in [0.15, 0.2) is 23.4 Å². The molecule has 0 amide bonds. The molecule has 1 heterocycles. The average Bonchev–Trinajstić information content (AvgIpc) is 3.19. The van der Waals surface area contributed by atoms with E-state index in [0.717, 1.165) is 12.6 Å². The van der Waals surface area contributed by atoms with Crippen LogP contribution in [0.5, 0.6) is 0 Å². The van der Waals surface area contributed by atoms with Crippen molar-refractivity contribution in [1.29, 1.82) is 0 Å². The third-order valence-corrected chi connectivity index (χ3v) is 4.23. The highest BCUT2D eigenvalue weighted by molar-refractivity contribution is 7.98. The lowest BCUT2D eigenvalue weighted by Gasteiger charge is -2.06. The molecule has 0 aliphatic heterocycles. The van der Waals surface area contributed by atoms with Crippen LogP contribution in [0.3, 0.4) is 0 Å². The van der Waals surface area contributed by atoms with Crippen molar-refractivity contribution in [1.82, 2.24) is 25.5 Å². The summed E-state index contributed by atoms with van der Waals surface area (Å²) in [5.41, 5.74) is 0.311. The second-order valence-electron chi connectivity index (χ2n) is 4.91. The summed E-state index contributed by atoms with van der Waals surface area (Å²) >= 11 is 1.30. The van der Waals surface area contributed by atoms with Gasteiger partial charge in [-0.25, -0.2) is 13.5 Å². The van der Waals surface area contributed by atoms with Crippen LogP contribution < -0.4 is 5.32 Å². The topological polar surface area (TPSA) is 55.6 Å². The molecule has 1 saturated carbocycles. The summed E-state index contributed by atoms with van der Waals surface area (Å²) in [6, 6.07) is 4.81. The highest BCUT2D eigenvalue weighted by atomic mass is 32.2. The van der Waals surface area contributed by atoms with Crippen LogP contribution >= 0.6 is 11.8 Å². The Kier molecular flexibility index (Phi) is 4.45. The Labute approximate surface area is 125 Å². The highest BCUT2D eigenvalue weighted by Crippen LogP contribution is 2.23. The van der Waals surface area contributed by atoms with Gasteiger partial charge in [0.25, 0.3) is 0 Å². The molecule has 0 unspecified atom stereocenters. The minimum absolute atomic E-state index is 0.292. The second kappa shape index (κ2) is 6.48. The van der Waals surface area contributed by atoms with E-state index in [2.05, 4.69) is 20.8 Å². The molecule has 0 radical (unpaired) electrons. The lowest BCUT2D eigenvalue weighted by atomic mass is 10.2. The smallest absolute Gasteiger partial charge is 0.209 e. The van der Waals surface area contributed by atoms with Gasteiger partial charge in [0.15, 0.2) is 11.6 Å². The van der Waals surface area contributed by atoms with Crippen LogP contribution in [-0.2, 0) is 12.3 Å². The van der Waals surface area contributed by atoms with Crippen molar-refractivity contribution in [2.75, 3.05) is 6.54 Å². The summed E-state index contributed by atoms with van der Waals surface area (Å²) < 4.78 is 28.4. The monoisotopic (exact) mass is 311 g/mol. The molecule has 112 valence electrons. The first-order valence-electron chi connectivity index (χ1n) is 6.79. The fraction of sp³-hybridized carbons (Fsp3) is 0.462. The van der Waals surface area contributed by atoms with Gasteiger partial charge in [0, 0.05) is 23.9 Å². The number of nitrogens with zero attached hydrogens (tertiary/aromatic N) is 4. The Morgan fingerprint density at radius 1 is 1.33 bits per heavy atom. The average molecular weight is 311 g/mol. The molecule has 3 rings (SSSR count). The predicted molar refractivity (Wildman–Crippen MR) is 74.8 cm³/mol. The number of benzene rings is 1. The Morgan fingerprint density at radius 2 is 2.19 bits per heavy atom. The van der Waals surface area contributed by atoms with E-state index in [9.17, 15) is 8.78 Å². The van der Waals surface area contributed by atoms with Crippen LogP contribution in [0.25, 0.3) is 0 Å². The van der Waals surface area contributed by atoms with Gasteiger partial charge in [0.1, 0.15) is 0 Å². The van der Waals surface area contributed by atoms with Gasteiger partial charge in [-0.15, -0.1) is 5.10 Å². The van der Waals surface area contributed by atoms with E-state index in [0.29, 0.717) is 29.1 Å². The molecule has 0 atom stereocenters. The number of halogens is 2. The maximum atomic E-state index is 13.6. The summed E-state index contributed by atoms with van der Waals surface area (Å²) in [6.45, 7) is 1.47. The minimum Gasteiger partial charge on any atom is -0.312 e. The first-order valence-corrected chi connectivity index (χ1v) is 7.78. The standard InChI is InChI=1S/C13H15F2N5S/c14-11-3-1-2-9(12(11)15)8-21-13-17-18-19-20(13)7-6-16-10-4-5-10/h1-3,10,16H,4-8H2. The molecule has 1 aliphatic carbocycles.